The monoisotopic (exact) mass is 330 g/mol. The topological polar surface area (TPSA) is 43.4 Å². The van der Waals surface area contributed by atoms with Gasteiger partial charge in [0.2, 0.25) is 0 Å². The fourth-order valence-corrected chi connectivity index (χ4v) is 2.66. The minimum absolute atomic E-state index is 0.263. The Morgan fingerprint density at radius 1 is 0.909 bits per heavy atom. The molecule has 0 N–H and O–H groups in total. The van der Waals surface area contributed by atoms with Gasteiger partial charge in [-0.05, 0) is 49.2 Å². The Kier molecular flexibility index (Phi) is 4.19. The maximum atomic E-state index is 12.5. The summed E-state index contributed by atoms with van der Waals surface area (Å²) in [6.07, 6.45) is 0. The van der Waals surface area contributed by atoms with Crippen LogP contribution in [0.4, 0.5) is 13.2 Å². The number of para-hydroxylation sites is 1. The van der Waals surface area contributed by atoms with Gasteiger partial charge in [0.15, 0.2) is 0 Å². The van der Waals surface area contributed by atoms with Gasteiger partial charge < -0.3 is 4.74 Å². The Morgan fingerprint density at radius 3 is 1.86 bits per heavy atom. The van der Waals surface area contributed by atoms with E-state index in [-0.39, 0.29) is 5.75 Å². The molecular weight excluding hydrogens is 317 g/mol. The number of sulfone groups is 1. The lowest BCUT2D eigenvalue weighted by atomic mass is 10.1. The SMILES string of the molecule is Cc1cccc(C)c1Oc1ccc(S(=O)(=O)C(F)(F)F)cc1. The molecule has 0 aromatic heterocycles. The van der Waals surface area contributed by atoms with E-state index in [2.05, 4.69) is 0 Å². The minimum atomic E-state index is -5.34. The van der Waals surface area contributed by atoms with E-state index >= 15 is 0 Å². The summed E-state index contributed by atoms with van der Waals surface area (Å²) in [5.74, 6) is 0.854. The molecule has 0 atom stereocenters. The molecule has 0 saturated carbocycles. The van der Waals surface area contributed by atoms with Gasteiger partial charge in [-0.2, -0.15) is 13.2 Å². The molecule has 7 heteroatoms. The summed E-state index contributed by atoms with van der Waals surface area (Å²) < 4.78 is 65.5. The van der Waals surface area contributed by atoms with Gasteiger partial charge in [0, 0.05) is 0 Å². The molecule has 0 amide bonds. The highest BCUT2D eigenvalue weighted by atomic mass is 32.2. The fraction of sp³-hybridized carbons (Fsp3) is 0.200. The van der Waals surface area contributed by atoms with Crippen LogP contribution in [0.1, 0.15) is 11.1 Å². The first kappa shape index (κ1) is 16.4. The zero-order valence-corrected chi connectivity index (χ0v) is 12.6. The van der Waals surface area contributed by atoms with Gasteiger partial charge in [-0.3, -0.25) is 0 Å². The van der Waals surface area contributed by atoms with Gasteiger partial charge in [0.05, 0.1) is 4.90 Å². The summed E-state index contributed by atoms with van der Waals surface area (Å²) in [6, 6.07) is 9.69. The predicted octanol–water partition coefficient (Wildman–Crippen LogP) is 4.39. The molecule has 0 aliphatic carbocycles. The van der Waals surface area contributed by atoms with Crippen LogP contribution in [-0.4, -0.2) is 13.9 Å². The lowest BCUT2D eigenvalue weighted by molar-refractivity contribution is -0.0436. The number of ether oxygens (including phenoxy) is 1. The third-order valence-corrected chi connectivity index (χ3v) is 4.57. The van der Waals surface area contributed by atoms with E-state index < -0.39 is 20.2 Å². The van der Waals surface area contributed by atoms with E-state index in [0.717, 1.165) is 23.3 Å². The second-order valence-electron chi connectivity index (χ2n) is 4.74. The van der Waals surface area contributed by atoms with Crippen molar-refractivity contribution < 1.29 is 26.3 Å². The van der Waals surface area contributed by atoms with Gasteiger partial charge in [-0.15, -0.1) is 0 Å². The smallest absolute Gasteiger partial charge is 0.457 e. The molecule has 0 unspecified atom stereocenters. The molecule has 2 aromatic rings. The number of rotatable bonds is 3. The molecular formula is C15H13F3O3S. The number of alkyl halides is 3. The fourth-order valence-electron chi connectivity index (χ4n) is 1.90. The first-order valence-electron chi connectivity index (χ1n) is 6.28. The molecule has 0 spiro atoms. The quantitative estimate of drug-likeness (QED) is 0.838. The molecule has 0 aliphatic rings. The third kappa shape index (κ3) is 3.09. The minimum Gasteiger partial charge on any atom is -0.457 e. The average Bonchev–Trinajstić information content (AvgIpc) is 2.42. The molecule has 118 valence electrons. The summed E-state index contributed by atoms with van der Waals surface area (Å²) in [6.45, 7) is 3.68. The van der Waals surface area contributed by atoms with E-state index in [1.54, 1.807) is 0 Å². The van der Waals surface area contributed by atoms with Crippen molar-refractivity contribution in [3.05, 3.63) is 53.6 Å². The van der Waals surface area contributed by atoms with Gasteiger partial charge >= 0.3 is 5.51 Å². The summed E-state index contributed by atoms with van der Waals surface area (Å²) in [7, 11) is -5.34. The molecule has 0 heterocycles. The predicted molar refractivity (Wildman–Crippen MR) is 75.7 cm³/mol. The van der Waals surface area contributed by atoms with Crippen LogP contribution in [0.3, 0.4) is 0 Å². The highest BCUT2D eigenvalue weighted by Crippen LogP contribution is 2.33. The molecule has 2 rings (SSSR count). The van der Waals surface area contributed by atoms with Crippen molar-refractivity contribution in [3.8, 4) is 11.5 Å². The van der Waals surface area contributed by atoms with Crippen molar-refractivity contribution >= 4 is 9.84 Å². The van der Waals surface area contributed by atoms with Crippen molar-refractivity contribution in [2.24, 2.45) is 0 Å². The Labute approximate surface area is 126 Å². The Bertz CT molecular complexity index is 758. The summed E-state index contributed by atoms with van der Waals surface area (Å²) in [5, 5.41) is 0. The molecule has 0 fully saturated rings. The standard InChI is InChI=1S/C15H13F3O3S/c1-10-4-3-5-11(2)14(10)21-12-6-8-13(9-7-12)22(19,20)15(16,17)18/h3-9H,1-2H3. The van der Waals surface area contributed by atoms with Crippen molar-refractivity contribution in [2.75, 3.05) is 0 Å². The number of hydrogen-bond acceptors (Lipinski definition) is 3. The number of hydrogen-bond donors (Lipinski definition) is 0. The Balaban J connectivity index is 2.31. The third-order valence-electron chi connectivity index (χ3n) is 3.07. The van der Waals surface area contributed by atoms with E-state index in [4.69, 9.17) is 4.74 Å². The maximum Gasteiger partial charge on any atom is 0.501 e. The molecule has 22 heavy (non-hydrogen) atoms. The number of halogens is 3. The number of benzene rings is 2. The van der Waals surface area contributed by atoms with E-state index in [0.29, 0.717) is 5.75 Å². The molecule has 0 saturated heterocycles. The average molecular weight is 330 g/mol. The normalized spacial score (nSPS) is 12.2. The van der Waals surface area contributed by atoms with Crippen LogP contribution in [0.25, 0.3) is 0 Å². The second-order valence-corrected chi connectivity index (χ2v) is 6.68. The molecule has 3 nitrogen and oxygen atoms in total. The van der Waals surface area contributed by atoms with Gasteiger partial charge in [0.25, 0.3) is 9.84 Å². The molecule has 0 aliphatic heterocycles. The van der Waals surface area contributed by atoms with E-state index in [1.165, 1.54) is 12.1 Å². The van der Waals surface area contributed by atoms with Crippen LogP contribution in [0.2, 0.25) is 0 Å². The first-order valence-corrected chi connectivity index (χ1v) is 7.77. The zero-order valence-electron chi connectivity index (χ0n) is 11.8. The van der Waals surface area contributed by atoms with Gasteiger partial charge in [-0.25, -0.2) is 8.42 Å². The van der Waals surface area contributed by atoms with Crippen LogP contribution in [-0.2, 0) is 9.84 Å². The molecule has 0 bridgehead atoms. The highest BCUT2D eigenvalue weighted by Gasteiger charge is 2.46. The van der Waals surface area contributed by atoms with Crippen LogP contribution in [0.5, 0.6) is 11.5 Å². The Morgan fingerprint density at radius 2 is 1.41 bits per heavy atom. The summed E-state index contributed by atoms with van der Waals surface area (Å²) >= 11 is 0. The largest absolute Gasteiger partial charge is 0.501 e. The highest BCUT2D eigenvalue weighted by molar-refractivity contribution is 7.92. The van der Waals surface area contributed by atoms with Crippen molar-refractivity contribution in [1.29, 1.82) is 0 Å². The Hall–Kier alpha value is -2.02. The molecule has 2 aromatic carbocycles. The van der Waals surface area contributed by atoms with Crippen LogP contribution in [0.15, 0.2) is 47.4 Å². The van der Waals surface area contributed by atoms with Crippen molar-refractivity contribution in [1.82, 2.24) is 0 Å². The van der Waals surface area contributed by atoms with E-state index in [1.807, 2.05) is 32.0 Å². The van der Waals surface area contributed by atoms with Gasteiger partial charge in [0.1, 0.15) is 11.5 Å². The molecule has 0 radical (unpaired) electrons. The van der Waals surface area contributed by atoms with Crippen LogP contribution in [0, 0.1) is 13.8 Å². The first-order chi connectivity index (χ1) is 10.1. The second kappa shape index (κ2) is 5.64. The van der Waals surface area contributed by atoms with Crippen molar-refractivity contribution in [3.63, 3.8) is 0 Å². The van der Waals surface area contributed by atoms with Gasteiger partial charge in [-0.1, -0.05) is 18.2 Å². The maximum absolute atomic E-state index is 12.5. The van der Waals surface area contributed by atoms with Crippen LogP contribution >= 0.6 is 0 Å². The number of aryl methyl sites for hydroxylation is 2. The van der Waals surface area contributed by atoms with Crippen molar-refractivity contribution in [2.45, 2.75) is 24.3 Å². The summed E-state index contributed by atoms with van der Waals surface area (Å²) in [5.41, 5.74) is -3.58. The summed E-state index contributed by atoms with van der Waals surface area (Å²) in [4.78, 5) is -0.811. The van der Waals surface area contributed by atoms with Crippen LogP contribution < -0.4 is 4.74 Å². The van der Waals surface area contributed by atoms with E-state index in [9.17, 15) is 21.6 Å². The lowest BCUT2D eigenvalue weighted by Gasteiger charge is -2.12. The lowest BCUT2D eigenvalue weighted by Crippen LogP contribution is -2.23. The zero-order chi connectivity index (χ0) is 16.5.